The van der Waals surface area contributed by atoms with E-state index >= 15 is 0 Å². The third-order valence-electron chi connectivity index (χ3n) is 4.14. The lowest BCUT2D eigenvalue weighted by Gasteiger charge is -2.31. The van der Waals surface area contributed by atoms with Crippen LogP contribution in [0.4, 0.5) is 10.5 Å². The molecule has 0 unspecified atom stereocenters. The molecule has 1 fully saturated rings. The summed E-state index contributed by atoms with van der Waals surface area (Å²) in [4.78, 5) is 11.9. The summed E-state index contributed by atoms with van der Waals surface area (Å²) in [5.74, 6) is 0.456. The number of hydrogen-bond donors (Lipinski definition) is 2. The SMILES string of the molecule is Cc1ccc(N)cc1[C@H]1CCC[C@H](NC(=O)OC(C)(C)C)C1. The van der Waals surface area contributed by atoms with E-state index in [1.54, 1.807) is 0 Å². The Morgan fingerprint density at radius 1 is 1.32 bits per heavy atom. The number of carbonyl (C=O) groups is 1. The standard InChI is InChI=1S/C18H28N2O2/c1-12-8-9-14(19)11-16(12)13-6-5-7-15(10-13)20-17(21)22-18(2,3)4/h8-9,11,13,15H,5-7,10,19H2,1-4H3,(H,20,21)/t13-,15-/m0/s1. The molecule has 22 heavy (non-hydrogen) atoms. The molecule has 0 aromatic heterocycles. The Balaban J connectivity index is 2.00. The zero-order valence-electron chi connectivity index (χ0n) is 14.1. The first kappa shape index (κ1) is 16.7. The molecular weight excluding hydrogens is 276 g/mol. The predicted octanol–water partition coefficient (Wildman–Crippen LogP) is 4.13. The van der Waals surface area contributed by atoms with Crippen molar-refractivity contribution in [2.45, 2.75) is 70.9 Å². The smallest absolute Gasteiger partial charge is 0.407 e. The van der Waals surface area contributed by atoms with Crippen molar-refractivity contribution in [1.29, 1.82) is 0 Å². The van der Waals surface area contributed by atoms with Crippen LogP contribution in [0, 0.1) is 6.92 Å². The molecule has 3 N–H and O–H groups in total. The molecule has 2 atom stereocenters. The second kappa shape index (κ2) is 6.59. The van der Waals surface area contributed by atoms with Crippen molar-refractivity contribution in [2.75, 3.05) is 5.73 Å². The summed E-state index contributed by atoms with van der Waals surface area (Å²) < 4.78 is 5.35. The quantitative estimate of drug-likeness (QED) is 0.807. The third kappa shape index (κ3) is 4.65. The van der Waals surface area contributed by atoms with Crippen LogP contribution in [0.2, 0.25) is 0 Å². The first-order valence-corrected chi connectivity index (χ1v) is 8.10. The van der Waals surface area contributed by atoms with Crippen LogP contribution in [0.5, 0.6) is 0 Å². The lowest BCUT2D eigenvalue weighted by molar-refractivity contribution is 0.0490. The van der Waals surface area contributed by atoms with E-state index in [1.165, 1.54) is 11.1 Å². The summed E-state index contributed by atoms with van der Waals surface area (Å²) >= 11 is 0. The maximum atomic E-state index is 11.9. The predicted molar refractivity (Wildman–Crippen MR) is 90.0 cm³/mol. The van der Waals surface area contributed by atoms with Gasteiger partial charge in [0, 0.05) is 11.7 Å². The van der Waals surface area contributed by atoms with E-state index in [-0.39, 0.29) is 12.1 Å². The van der Waals surface area contributed by atoms with Crippen molar-refractivity contribution >= 4 is 11.8 Å². The fraction of sp³-hybridized carbons (Fsp3) is 0.611. The maximum absolute atomic E-state index is 11.9. The Morgan fingerprint density at radius 3 is 2.73 bits per heavy atom. The molecule has 0 spiro atoms. The Hall–Kier alpha value is -1.71. The minimum Gasteiger partial charge on any atom is -0.444 e. The number of rotatable bonds is 2. The van der Waals surface area contributed by atoms with Crippen LogP contribution in [-0.2, 0) is 4.74 Å². The number of ether oxygens (including phenoxy) is 1. The van der Waals surface area contributed by atoms with Crippen molar-refractivity contribution in [2.24, 2.45) is 0 Å². The number of hydrogen-bond acceptors (Lipinski definition) is 3. The largest absolute Gasteiger partial charge is 0.444 e. The number of nitrogens with two attached hydrogens (primary N) is 1. The van der Waals surface area contributed by atoms with E-state index in [1.807, 2.05) is 26.8 Å². The molecular formula is C18H28N2O2. The van der Waals surface area contributed by atoms with E-state index in [2.05, 4.69) is 24.4 Å². The summed E-state index contributed by atoms with van der Waals surface area (Å²) in [7, 11) is 0. The van der Waals surface area contributed by atoms with Gasteiger partial charge in [-0.05, 0) is 76.1 Å². The number of aryl methyl sites for hydroxylation is 1. The zero-order chi connectivity index (χ0) is 16.3. The first-order valence-electron chi connectivity index (χ1n) is 8.10. The van der Waals surface area contributed by atoms with E-state index < -0.39 is 5.60 Å². The molecule has 1 aliphatic rings. The van der Waals surface area contributed by atoms with E-state index in [0.717, 1.165) is 31.4 Å². The van der Waals surface area contributed by atoms with Crippen LogP contribution in [-0.4, -0.2) is 17.7 Å². The molecule has 1 saturated carbocycles. The molecule has 1 amide bonds. The average molecular weight is 304 g/mol. The second-order valence-electron chi connectivity index (χ2n) is 7.32. The van der Waals surface area contributed by atoms with Crippen molar-refractivity contribution in [3.63, 3.8) is 0 Å². The Bertz CT molecular complexity index is 534. The summed E-state index contributed by atoms with van der Waals surface area (Å²) in [6.07, 6.45) is 3.90. The van der Waals surface area contributed by atoms with Crippen molar-refractivity contribution in [3.05, 3.63) is 29.3 Å². The van der Waals surface area contributed by atoms with E-state index in [0.29, 0.717) is 5.92 Å². The molecule has 1 aliphatic carbocycles. The summed E-state index contributed by atoms with van der Waals surface area (Å²) in [6.45, 7) is 7.77. The number of carbonyl (C=O) groups excluding carboxylic acids is 1. The van der Waals surface area contributed by atoms with Gasteiger partial charge < -0.3 is 15.8 Å². The Morgan fingerprint density at radius 2 is 2.05 bits per heavy atom. The molecule has 0 bridgehead atoms. The normalized spacial score (nSPS) is 22.2. The van der Waals surface area contributed by atoms with Crippen LogP contribution in [0.1, 0.15) is 63.5 Å². The van der Waals surface area contributed by atoms with Gasteiger partial charge in [-0.15, -0.1) is 0 Å². The highest BCUT2D eigenvalue weighted by Crippen LogP contribution is 2.35. The summed E-state index contributed by atoms with van der Waals surface area (Å²) in [6, 6.07) is 6.28. The van der Waals surface area contributed by atoms with Crippen molar-refractivity contribution < 1.29 is 9.53 Å². The van der Waals surface area contributed by atoms with Crippen LogP contribution < -0.4 is 11.1 Å². The van der Waals surface area contributed by atoms with Gasteiger partial charge in [-0.2, -0.15) is 0 Å². The topological polar surface area (TPSA) is 64.3 Å². The highest BCUT2D eigenvalue weighted by Gasteiger charge is 2.27. The number of alkyl carbamates (subject to hydrolysis) is 1. The lowest BCUT2D eigenvalue weighted by atomic mass is 9.80. The summed E-state index contributed by atoms with van der Waals surface area (Å²) in [5.41, 5.74) is 8.87. The fourth-order valence-electron chi connectivity index (χ4n) is 3.18. The van der Waals surface area contributed by atoms with Gasteiger partial charge in [-0.1, -0.05) is 12.5 Å². The average Bonchev–Trinajstić information content (AvgIpc) is 2.39. The first-order chi connectivity index (χ1) is 10.2. The third-order valence-corrected chi connectivity index (χ3v) is 4.14. The number of nitrogens with one attached hydrogen (secondary N) is 1. The van der Waals surface area contributed by atoms with Crippen LogP contribution in [0.25, 0.3) is 0 Å². The number of anilines is 1. The van der Waals surface area contributed by atoms with E-state index in [4.69, 9.17) is 10.5 Å². The Kier molecular flexibility index (Phi) is 4.99. The molecule has 0 aliphatic heterocycles. The molecule has 1 aromatic carbocycles. The van der Waals surface area contributed by atoms with Gasteiger partial charge in [-0.25, -0.2) is 4.79 Å². The van der Waals surface area contributed by atoms with Crippen LogP contribution in [0.3, 0.4) is 0 Å². The molecule has 0 heterocycles. The highest BCUT2D eigenvalue weighted by atomic mass is 16.6. The van der Waals surface area contributed by atoms with Gasteiger partial charge in [0.2, 0.25) is 0 Å². The van der Waals surface area contributed by atoms with Gasteiger partial charge in [0.05, 0.1) is 0 Å². The molecule has 4 nitrogen and oxygen atoms in total. The van der Waals surface area contributed by atoms with E-state index in [9.17, 15) is 4.79 Å². The number of amides is 1. The van der Waals surface area contributed by atoms with Gasteiger partial charge >= 0.3 is 6.09 Å². The van der Waals surface area contributed by atoms with Crippen LogP contribution in [0.15, 0.2) is 18.2 Å². The Labute approximate surface area is 133 Å². The summed E-state index contributed by atoms with van der Waals surface area (Å²) in [5, 5.41) is 3.02. The number of nitrogen functional groups attached to an aromatic ring is 1. The molecule has 0 saturated heterocycles. The lowest BCUT2D eigenvalue weighted by Crippen LogP contribution is -2.41. The minimum atomic E-state index is -0.456. The maximum Gasteiger partial charge on any atom is 0.407 e. The van der Waals surface area contributed by atoms with Gasteiger partial charge in [0.1, 0.15) is 5.60 Å². The molecule has 2 rings (SSSR count). The highest BCUT2D eigenvalue weighted by molar-refractivity contribution is 5.68. The molecule has 0 radical (unpaired) electrons. The second-order valence-corrected chi connectivity index (χ2v) is 7.32. The van der Waals surface area contributed by atoms with Gasteiger partial charge in [0.25, 0.3) is 0 Å². The van der Waals surface area contributed by atoms with Crippen molar-refractivity contribution in [3.8, 4) is 0 Å². The van der Waals surface area contributed by atoms with Crippen molar-refractivity contribution in [1.82, 2.24) is 5.32 Å². The van der Waals surface area contributed by atoms with Gasteiger partial charge in [0.15, 0.2) is 0 Å². The molecule has 122 valence electrons. The minimum absolute atomic E-state index is 0.175. The zero-order valence-corrected chi connectivity index (χ0v) is 14.1. The number of benzene rings is 1. The van der Waals surface area contributed by atoms with Crippen LogP contribution >= 0.6 is 0 Å². The fourth-order valence-corrected chi connectivity index (χ4v) is 3.18. The molecule has 1 aromatic rings. The van der Waals surface area contributed by atoms with Gasteiger partial charge in [-0.3, -0.25) is 0 Å². The monoisotopic (exact) mass is 304 g/mol. The molecule has 4 heteroatoms.